The monoisotopic (exact) mass is 173 g/mol. The number of hydrogen-bond donors (Lipinski definition) is 0. The van der Waals surface area contributed by atoms with E-state index in [4.69, 9.17) is 10.00 Å². The summed E-state index contributed by atoms with van der Waals surface area (Å²) in [6.07, 6.45) is 1.82. The van der Waals surface area contributed by atoms with Crippen molar-refractivity contribution in [3.63, 3.8) is 0 Å². The molecule has 0 fully saturated rings. The van der Waals surface area contributed by atoms with Crippen molar-refractivity contribution < 1.29 is 4.74 Å². The van der Waals surface area contributed by atoms with Crippen molar-refractivity contribution in [1.82, 2.24) is 0 Å². The molecule has 1 rings (SSSR count). The Kier molecular flexibility index (Phi) is 3.74. The van der Waals surface area contributed by atoms with Crippen LogP contribution in [0.3, 0.4) is 0 Å². The van der Waals surface area contributed by atoms with E-state index in [1.807, 2.05) is 36.4 Å². The molecule has 13 heavy (non-hydrogen) atoms. The van der Waals surface area contributed by atoms with Crippen LogP contribution in [0.5, 0.6) is 0 Å². The predicted molar refractivity (Wildman–Crippen MR) is 51.9 cm³/mol. The second kappa shape index (κ2) is 5.13. The van der Waals surface area contributed by atoms with Gasteiger partial charge in [-0.2, -0.15) is 5.26 Å². The fourth-order valence-electron chi connectivity index (χ4n) is 1.01. The van der Waals surface area contributed by atoms with Gasteiger partial charge in [0, 0.05) is 7.11 Å². The van der Waals surface area contributed by atoms with Crippen LogP contribution < -0.4 is 0 Å². The zero-order valence-corrected chi connectivity index (χ0v) is 7.53. The van der Waals surface area contributed by atoms with Crippen LogP contribution in [0.15, 0.2) is 35.9 Å². The van der Waals surface area contributed by atoms with Gasteiger partial charge in [0.15, 0.2) is 0 Å². The number of rotatable bonds is 3. The van der Waals surface area contributed by atoms with Gasteiger partial charge in [-0.25, -0.2) is 0 Å². The van der Waals surface area contributed by atoms with Gasteiger partial charge in [0.2, 0.25) is 0 Å². The van der Waals surface area contributed by atoms with Gasteiger partial charge in [0.25, 0.3) is 0 Å². The number of hydrogen-bond acceptors (Lipinski definition) is 2. The smallest absolute Gasteiger partial charge is 0.0971 e. The van der Waals surface area contributed by atoms with Gasteiger partial charge in [0.05, 0.1) is 18.2 Å². The highest BCUT2D eigenvalue weighted by Gasteiger charge is 1.93. The van der Waals surface area contributed by atoms with E-state index in [0.717, 1.165) is 5.56 Å². The van der Waals surface area contributed by atoms with E-state index in [2.05, 4.69) is 6.07 Å². The van der Waals surface area contributed by atoms with Crippen molar-refractivity contribution in [2.45, 2.75) is 0 Å². The van der Waals surface area contributed by atoms with Crippen molar-refractivity contribution in [3.05, 3.63) is 41.5 Å². The van der Waals surface area contributed by atoms with E-state index < -0.39 is 0 Å². The van der Waals surface area contributed by atoms with E-state index >= 15 is 0 Å². The molecule has 2 nitrogen and oxygen atoms in total. The Hall–Kier alpha value is -1.59. The second-order valence-electron chi connectivity index (χ2n) is 2.63. The minimum absolute atomic E-state index is 0.366. The summed E-state index contributed by atoms with van der Waals surface area (Å²) in [5.41, 5.74) is 1.66. The molecule has 0 aliphatic carbocycles. The largest absolute Gasteiger partial charge is 0.379 e. The summed E-state index contributed by atoms with van der Waals surface area (Å²) in [6.45, 7) is 0.366. The van der Waals surface area contributed by atoms with E-state index in [0.29, 0.717) is 12.2 Å². The maximum absolute atomic E-state index is 8.72. The van der Waals surface area contributed by atoms with E-state index in [-0.39, 0.29) is 0 Å². The summed E-state index contributed by atoms with van der Waals surface area (Å²) in [5.74, 6) is 0. The minimum atomic E-state index is 0.366. The lowest BCUT2D eigenvalue weighted by Crippen LogP contribution is -1.90. The lowest BCUT2D eigenvalue weighted by molar-refractivity contribution is 0.229. The van der Waals surface area contributed by atoms with E-state index in [9.17, 15) is 0 Å². The Morgan fingerprint density at radius 1 is 1.46 bits per heavy atom. The van der Waals surface area contributed by atoms with Crippen molar-refractivity contribution in [1.29, 1.82) is 5.26 Å². The molecule has 0 saturated carbocycles. The molecule has 0 spiro atoms. The lowest BCUT2D eigenvalue weighted by Gasteiger charge is -1.96. The molecule has 0 radical (unpaired) electrons. The summed E-state index contributed by atoms with van der Waals surface area (Å²) < 4.78 is 4.88. The molecule has 0 aliphatic rings. The molecule has 0 aliphatic heterocycles. The molecule has 2 heteroatoms. The van der Waals surface area contributed by atoms with Crippen LogP contribution in [0, 0.1) is 11.3 Å². The van der Waals surface area contributed by atoms with Crippen LogP contribution in [0.4, 0.5) is 0 Å². The first kappa shape index (κ1) is 9.50. The molecule has 0 bridgehead atoms. The molecule has 0 N–H and O–H groups in total. The van der Waals surface area contributed by atoms with Crippen molar-refractivity contribution in [2.75, 3.05) is 13.7 Å². The molecule has 1 aromatic rings. The zero-order valence-electron chi connectivity index (χ0n) is 7.53. The normalized spacial score (nSPS) is 10.9. The molecular formula is C11H11NO. The lowest BCUT2D eigenvalue weighted by atomic mass is 10.1. The van der Waals surface area contributed by atoms with Gasteiger partial charge in [-0.1, -0.05) is 30.3 Å². The summed E-state index contributed by atoms with van der Waals surface area (Å²) >= 11 is 0. The number of methoxy groups -OCH3 is 1. The van der Waals surface area contributed by atoms with Gasteiger partial charge in [-0.15, -0.1) is 0 Å². The van der Waals surface area contributed by atoms with Crippen LogP contribution in [0.2, 0.25) is 0 Å². The number of nitrogens with zero attached hydrogens (tertiary/aromatic N) is 1. The van der Waals surface area contributed by atoms with Crippen LogP contribution >= 0.6 is 0 Å². The van der Waals surface area contributed by atoms with Crippen LogP contribution in [-0.2, 0) is 4.74 Å². The molecular weight excluding hydrogens is 162 g/mol. The van der Waals surface area contributed by atoms with Gasteiger partial charge in [-0.3, -0.25) is 0 Å². The fourth-order valence-corrected chi connectivity index (χ4v) is 1.01. The maximum Gasteiger partial charge on any atom is 0.0971 e. The van der Waals surface area contributed by atoms with Crippen molar-refractivity contribution >= 4 is 6.08 Å². The molecule has 1 aromatic carbocycles. The van der Waals surface area contributed by atoms with Crippen LogP contribution in [0.1, 0.15) is 5.56 Å². The number of nitriles is 1. The SMILES string of the molecule is COCC(C#N)=Cc1ccccc1. The molecule has 66 valence electrons. The third-order valence-corrected chi connectivity index (χ3v) is 1.58. The number of ether oxygens (including phenoxy) is 1. The first-order chi connectivity index (χ1) is 6.36. The van der Waals surface area contributed by atoms with Gasteiger partial charge >= 0.3 is 0 Å². The Balaban J connectivity index is 2.81. The topological polar surface area (TPSA) is 33.0 Å². The first-order valence-electron chi connectivity index (χ1n) is 4.01. The Morgan fingerprint density at radius 2 is 2.15 bits per heavy atom. The summed E-state index contributed by atoms with van der Waals surface area (Å²) in [7, 11) is 1.58. The Labute approximate surface area is 78.1 Å². The summed E-state index contributed by atoms with van der Waals surface area (Å²) in [4.78, 5) is 0. The zero-order chi connectivity index (χ0) is 9.52. The number of benzene rings is 1. The van der Waals surface area contributed by atoms with E-state index in [1.165, 1.54) is 0 Å². The highest BCUT2D eigenvalue weighted by Crippen LogP contribution is 2.05. The third-order valence-electron chi connectivity index (χ3n) is 1.58. The fraction of sp³-hybridized carbons (Fsp3) is 0.182. The highest BCUT2D eigenvalue weighted by atomic mass is 16.5. The van der Waals surface area contributed by atoms with Gasteiger partial charge in [0.1, 0.15) is 0 Å². The highest BCUT2D eigenvalue weighted by molar-refractivity contribution is 5.56. The second-order valence-corrected chi connectivity index (χ2v) is 2.63. The van der Waals surface area contributed by atoms with Crippen molar-refractivity contribution in [3.8, 4) is 6.07 Å². The average Bonchev–Trinajstić information content (AvgIpc) is 2.19. The Bertz CT molecular complexity index is 322. The average molecular weight is 173 g/mol. The molecule has 0 saturated heterocycles. The molecule has 0 heterocycles. The van der Waals surface area contributed by atoms with Crippen LogP contribution in [0.25, 0.3) is 6.08 Å². The predicted octanol–water partition coefficient (Wildman–Crippen LogP) is 2.24. The molecule has 0 amide bonds. The molecule has 0 aromatic heterocycles. The van der Waals surface area contributed by atoms with Gasteiger partial charge < -0.3 is 4.74 Å². The molecule has 0 atom stereocenters. The minimum Gasteiger partial charge on any atom is -0.379 e. The first-order valence-corrected chi connectivity index (χ1v) is 4.01. The molecule has 0 unspecified atom stereocenters. The Morgan fingerprint density at radius 3 is 2.69 bits per heavy atom. The van der Waals surface area contributed by atoms with Crippen molar-refractivity contribution in [2.24, 2.45) is 0 Å². The maximum atomic E-state index is 8.72. The summed E-state index contributed by atoms with van der Waals surface area (Å²) in [5, 5.41) is 8.72. The summed E-state index contributed by atoms with van der Waals surface area (Å²) in [6, 6.07) is 11.8. The standard InChI is InChI=1S/C11H11NO/c1-13-9-11(8-12)7-10-5-3-2-4-6-10/h2-7H,9H2,1H3. The van der Waals surface area contributed by atoms with E-state index in [1.54, 1.807) is 7.11 Å². The van der Waals surface area contributed by atoms with Crippen LogP contribution in [-0.4, -0.2) is 13.7 Å². The van der Waals surface area contributed by atoms with Gasteiger partial charge in [-0.05, 0) is 11.6 Å². The quantitative estimate of drug-likeness (QED) is 0.657. The third kappa shape index (κ3) is 3.10.